The van der Waals surface area contributed by atoms with Crippen molar-refractivity contribution in [3.8, 4) is 0 Å². The van der Waals surface area contributed by atoms with E-state index in [-0.39, 0.29) is 23.3 Å². The Hall–Kier alpha value is -2.87. The van der Waals surface area contributed by atoms with Crippen LogP contribution >= 0.6 is 11.8 Å². The number of carbonyl (C=O) groups excluding carboxylic acids is 2. The van der Waals surface area contributed by atoms with Crippen LogP contribution in [0.3, 0.4) is 0 Å². The van der Waals surface area contributed by atoms with E-state index in [4.69, 9.17) is 0 Å². The zero-order valence-electron chi connectivity index (χ0n) is 19.3. The minimum atomic E-state index is -0.622. The van der Waals surface area contributed by atoms with Gasteiger partial charge in [0.15, 0.2) is 0 Å². The highest BCUT2D eigenvalue weighted by molar-refractivity contribution is 7.99. The second-order valence-electron chi connectivity index (χ2n) is 8.84. The fraction of sp³-hybridized carbons (Fsp3) is 0.417. The Morgan fingerprint density at radius 2 is 1.62 bits per heavy atom. The first-order chi connectivity index (χ1) is 15.0. The highest BCUT2D eigenvalue weighted by Gasteiger charge is 2.28. The van der Waals surface area contributed by atoms with Gasteiger partial charge >= 0.3 is 0 Å². The molecule has 0 aliphatic carbocycles. The lowest BCUT2D eigenvalue weighted by atomic mass is 10.1. The van der Waals surface area contributed by atoms with Crippen LogP contribution in [0.1, 0.15) is 44.4 Å². The average Bonchev–Trinajstić information content (AvgIpc) is 2.72. The Kier molecular flexibility index (Phi) is 8.83. The molecule has 0 aliphatic rings. The summed E-state index contributed by atoms with van der Waals surface area (Å²) in [5, 5.41) is 13.7. The van der Waals surface area contributed by atoms with Crippen LogP contribution in [0.25, 0.3) is 0 Å². The Morgan fingerprint density at radius 1 is 1.06 bits per heavy atom. The van der Waals surface area contributed by atoms with Crippen molar-refractivity contribution in [3.05, 3.63) is 75.3 Å². The molecule has 1 N–H and O–H groups in total. The van der Waals surface area contributed by atoms with Gasteiger partial charge in [-0.3, -0.25) is 19.7 Å². The molecule has 0 spiro atoms. The molecule has 0 aliphatic heterocycles. The summed E-state index contributed by atoms with van der Waals surface area (Å²) in [5.41, 5.74) is 2.63. The monoisotopic (exact) mass is 457 g/mol. The number of carbonyl (C=O) groups is 2. The van der Waals surface area contributed by atoms with Crippen LogP contribution in [0.4, 0.5) is 5.69 Å². The lowest BCUT2D eigenvalue weighted by Gasteiger charge is -2.31. The number of rotatable bonds is 9. The standard InChI is InChI=1S/C24H31N3O4S/c1-17-6-8-19(9-7-17)14-26(18(2)23(29)25-24(3,4)5)22(28)16-32-15-20-10-12-21(13-11-20)27(30)31/h6-13,18H,14-16H2,1-5H3,(H,25,29). The van der Waals surface area contributed by atoms with Gasteiger partial charge < -0.3 is 10.2 Å². The fourth-order valence-electron chi connectivity index (χ4n) is 3.00. The zero-order chi connectivity index (χ0) is 23.9. The lowest BCUT2D eigenvalue weighted by Crippen LogP contribution is -2.52. The number of aryl methyl sites for hydroxylation is 1. The molecule has 0 aromatic heterocycles. The molecule has 7 nitrogen and oxygen atoms in total. The lowest BCUT2D eigenvalue weighted by molar-refractivity contribution is -0.384. The summed E-state index contributed by atoms with van der Waals surface area (Å²) in [6.45, 7) is 9.81. The van der Waals surface area contributed by atoms with Gasteiger partial charge in [-0.1, -0.05) is 42.0 Å². The quantitative estimate of drug-likeness (QED) is 0.443. The third-order valence-corrected chi connectivity index (χ3v) is 5.77. The molecule has 2 rings (SSSR count). The molecule has 32 heavy (non-hydrogen) atoms. The number of amides is 2. The number of hydrogen-bond donors (Lipinski definition) is 1. The number of benzene rings is 2. The van der Waals surface area contributed by atoms with Crippen molar-refractivity contribution in [1.29, 1.82) is 0 Å². The highest BCUT2D eigenvalue weighted by atomic mass is 32.2. The van der Waals surface area contributed by atoms with E-state index in [0.717, 1.165) is 16.7 Å². The molecule has 8 heteroatoms. The number of thioether (sulfide) groups is 1. The van der Waals surface area contributed by atoms with Crippen LogP contribution in [0, 0.1) is 17.0 Å². The topological polar surface area (TPSA) is 92.6 Å². The Labute approximate surface area is 193 Å². The summed E-state index contributed by atoms with van der Waals surface area (Å²) in [4.78, 5) is 37.8. The number of nitro benzene ring substituents is 1. The zero-order valence-corrected chi connectivity index (χ0v) is 20.1. The summed E-state index contributed by atoms with van der Waals surface area (Å²) in [6.07, 6.45) is 0. The Balaban J connectivity index is 2.07. The molecule has 0 radical (unpaired) electrons. The molecule has 0 saturated heterocycles. The minimum Gasteiger partial charge on any atom is -0.350 e. The van der Waals surface area contributed by atoms with Crippen molar-refractivity contribution in [2.45, 2.75) is 58.5 Å². The third kappa shape index (κ3) is 8.00. The summed E-state index contributed by atoms with van der Waals surface area (Å²) in [7, 11) is 0. The van der Waals surface area contributed by atoms with E-state index in [2.05, 4.69) is 5.32 Å². The maximum atomic E-state index is 13.1. The van der Waals surface area contributed by atoms with Crippen LogP contribution in [-0.2, 0) is 21.9 Å². The van der Waals surface area contributed by atoms with Gasteiger partial charge in [0, 0.05) is 30.0 Å². The first-order valence-electron chi connectivity index (χ1n) is 10.4. The molecule has 2 aromatic rings. The van der Waals surface area contributed by atoms with Crippen molar-refractivity contribution in [3.63, 3.8) is 0 Å². The van der Waals surface area contributed by atoms with Gasteiger partial charge in [-0.05, 0) is 45.7 Å². The number of non-ortho nitro benzene ring substituents is 1. The molecule has 0 fully saturated rings. The third-order valence-electron chi connectivity index (χ3n) is 4.78. The minimum absolute atomic E-state index is 0.0396. The molecule has 172 valence electrons. The average molecular weight is 458 g/mol. The summed E-state index contributed by atoms with van der Waals surface area (Å²) >= 11 is 1.42. The second kappa shape index (κ2) is 11.1. The summed E-state index contributed by atoms with van der Waals surface area (Å²) in [6, 6.07) is 13.6. The molecule has 1 unspecified atom stereocenters. The molecule has 0 heterocycles. The van der Waals surface area contributed by atoms with Crippen molar-refractivity contribution >= 4 is 29.3 Å². The van der Waals surface area contributed by atoms with E-state index in [1.165, 1.54) is 23.9 Å². The largest absolute Gasteiger partial charge is 0.350 e. The van der Waals surface area contributed by atoms with Gasteiger partial charge in [0.25, 0.3) is 5.69 Å². The second-order valence-corrected chi connectivity index (χ2v) is 9.82. The van der Waals surface area contributed by atoms with E-state index in [1.54, 1.807) is 24.0 Å². The molecule has 1 atom stereocenters. The molecule has 2 amide bonds. The molecular weight excluding hydrogens is 426 g/mol. The van der Waals surface area contributed by atoms with E-state index >= 15 is 0 Å². The van der Waals surface area contributed by atoms with E-state index in [9.17, 15) is 19.7 Å². The predicted molar refractivity (Wildman–Crippen MR) is 128 cm³/mol. The van der Waals surface area contributed by atoms with Gasteiger partial charge in [-0.25, -0.2) is 0 Å². The van der Waals surface area contributed by atoms with Gasteiger partial charge in [0.1, 0.15) is 6.04 Å². The van der Waals surface area contributed by atoms with Crippen LogP contribution in [0.2, 0.25) is 0 Å². The van der Waals surface area contributed by atoms with E-state index in [1.807, 2.05) is 52.0 Å². The summed E-state index contributed by atoms with van der Waals surface area (Å²) in [5.74, 6) is 0.424. The van der Waals surface area contributed by atoms with Crippen LogP contribution < -0.4 is 5.32 Å². The van der Waals surface area contributed by atoms with Crippen molar-refractivity contribution in [2.75, 3.05) is 5.75 Å². The van der Waals surface area contributed by atoms with E-state index < -0.39 is 16.5 Å². The molecular formula is C24H31N3O4S. The smallest absolute Gasteiger partial charge is 0.269 e. The number of nitrogens with zero attached hydrogens (tertiary/aromatic N) is 2. The highest BCUT2D eigenvalue weighted by Crippen LogP contribution is 2.19. The molecule has 2 aromatic carbocycles. The van der Waals surface area contributed by atoms with Gasteiger partial charge in [-0.15, -0.1) is 11.8 Å². The Morgan fingerprint density at radius 3 is 2.16 bits per heavy atom. The van der Waals surface area contributed by atoms with Gasteiger partial charge in [0.2, 0.25) is 11.8 Å². The number of nitrogens with one attached hydrogen (secondary N) is 1. The van der Waals surface area contributed by atoms with Crippen molar-refractivity contribution in [1.82, 2.24) is 10.2 Å². The van der Waals surface area contributed by atoms with Crippen LogP contribution in [-0.4, -0.2) is 39.0 Å². The van der Waals surface area contributed by atoms with E-state index in [0.29, 0.717) is 12.3 Å². The maximum Gasteiger partial charge on any atom is 0.269 e. The van der Waals surface area contributed by atoms with Gasteiger partial charge in [0.05, 0.1) is 10.7 Å². The normalized spacial score (nSPS) is 12.2. The Bertz CT molecular complexity index is 937. The van der Waals surface area contributed by atoms with Crippen molar-refractivity contribution < 1.29 is 14.5 Å². The number of nitro groups is 1. The first-order valence-corrected chi connectivity index (χ1v) is 11.6. The first kappa shape index (κ1) is 25.4. The van der Waals surface area contributed by atoms with Crippen LogP contribution in [0.15, 0.2) is 48.5 Å². The van der Waals surface area contributed by atoms with Crippen molar-refractivity contribution in [2.24, 2.45) is 0 Å². The summed E-state index contributed by atoms with van der Waals surface area (Å²) < 4.78 is 0. The maximum absolute atomic E-state index is 13.1. The fourth-order valence-corrected chi connectivity index (χ4v) is 3.87. The van der Waals surface area contributed by atoms with Gasteiger partial charge in [-0.2, -0.15) is 0 Å². The predicted octanol–water partition coefficient (Wildman–Crippen LogP) is 4.47. The SMILES string of the molecule is Cc1ccc(CN(C(=O)CSCc2ccc([N+](=O)[O-])cc2)C(C)C(=O)NC(C)(C)C)cc1. The molecule has 0 bridgehead atoms. The number of hydrogen-bond acceptors (Lipinski definition) is 5. The molecule has 0 saturated carbocycles. The van der Waals surface area contributed by atoms with Crippen LogP contribution in [0.5, 0.6) is 0 Å².